The molecule has 72 valence electrons. The van der Waals surface area contributed by atoms with Crippen molar-refractivity contribution >= 4 is 5.97 Å². The summed E-state index contributed by atoms with van der Waals surface area (Å²) in [6.45, 7) is 9.95. The van der Waals surface area contributed by atoms with Crippen LogP contribution in [-0.4, -0.2) is 11.6 Å². The summed E-state index contributed by atoms with van der Waals surface area (Å²) >= 11 is 0. The maximum absolute atomic E-state index is 11.0. The molecule has 0 aromatic heterocycles. The van der Waals surface area contributed by atoms with E-state index in [-0.39, 0.29) is 11.6 Å². The van der Waals surface area contributed by atoms with E-state index >= 15 is 0 Å². The van der Waals surface area contributed by atoms with Crippen LogP contribution in [0.1, 0.15) is 47.5 Å². The van der Waals surface area contributed by atoms with E-state index in [9.17, 15) is 4.79 Å². The van der Waals surface area contributed by atoms with Crippen molar-refractivity contribution in [1.82, 2.24) is 0 Å². The summed E-state index contributed by atoms with van der Waals surface area (Å²) in [5.41, 5.74) is -0.318. The highest BCUT2D eigenvalue weighted by Crippen LogP contribution is 2.24. The van der Waals surface area contributed by atoms with Crippen LogP contribution in [0.4, 0.5) is 0 Å². The quantitative estimate of drug-likeness (QED) is 0.609. The normalized spacial score (nSPS) is 14.1. The lowest BCUT2D eigenvalue weighted by atomic mass is 9.90. The van der Waals surface area contributed by atoms with Crippen LogP contribution in [0.25, 0.3) is 0 Å². The monoisotopic (exact) mass is 172 g/mol. The van der Waals surface area contributed by atoms with Gasteiger partial charge in [-0.1, -0.05) is 20.8 Å². The molecule has 2 heteroatoms. The number of carbonyl (C=O) groups is 1. The number of ether oxygens (including phenoxy) is 1. The Morgan fingerprint density at radius 2 is 1.92 bits per heavy atom. The van der Waals surface area contributed by atoms with E-state index in [0.717, 1.165) is 6.42 Å². The van der Waals surface area contributed by atoms with Crippen LogP contribution in [0, 0.1) is 5.92 Å². The van der Waals surface area contributed by atoms with Crippen molar-refractivity contribution < 1.29 is 9.53 Å². The molecule has 0 saturated carbocycles. The third-order valence-corrected chi connectivity index (χ3v) is 2.46. The van der Waals surface area contributed by atoms with Gasteiger partial charge in [0.15, 0.2) is 0 Å². The van der Waals surface area contributed by atoms with Gasteiger partial charge in [0.2, 0.25) is 0 Å². The van der Waals surface area contributed by atoms with Gasteiger partial charge in [-0.05, 0) is 26.2 Å². The lowest BCUT2D eigenvalue weighted by Crippen LogP contribution is -2.34. The van der Waals surface area contributed by atoms with Gasteiger partial charge in [0.1, 0.15) is 5.60 Å². The predicted octanol–water partition coefficient (Wildman–Crippen LogP) is 2.76. The van der Waals surface area contributed by atoms with Crippen molar-refractivity contribution in [2.75, 3.05) is 0 Å². The van der Waals surface area contributed by atoms with Gasteiger partial charge in [0.05, 0.1) is 0 Å². The average molecular weight is 172 g/mol. The van der Waals surface area contributed by atoms with Crippen LogP contribution in [-0.2, 0) is 9.53 Å². The lowest BCUT2D eigenvalue weighted by Gasteiger charge is -2.30. The van der Waals surface area contributed by atoms with Crippen molar-refractivity contribution in [3.63, 3.8) is 0 Å². The second-order valence-corrected chi connectivity index (χ2v) is 3.74. The molecule has 0 aromatic rings. The number of rotatable bonds is 4. The Hall–Kier alpha value is -0.530. The second kappa shape index (κ2) is 4.48. The molecule has 0 radical (unpaired) electrons. The van der Waals surface area contributed by atoms with Crippen molar-refractivity contribution in [2.24, 2.45) is 5.92 Å². The van der Waals surface area contributed by atoms with Gasteiger partial charge in [-0.3, -0.25) is 4.79 Å². The van der Waals surface area contributed by atoms with Gasteiger partial charge >= 0.3 is 5.97 Å². The van der Waals surface area contributed by atoms with E-state index in [0.29, 0.717) is 12.3 Å². The SMILES string of the molecule is CCC(=O)OC(C)(C)C(C)CC. The number of hydrogen-bond acceptors (Lipinski definition) is 2. The minimum atomic E-state index is -0.318. The van der Waals surface area contributed by atoms with Crippen LogP contribution < -0.4 is 0 Å². The molecule has 0 spiro atoms. The van der Waals surface area contributed by atoms with Crippen molar-refractivity contribution in [1.29, 1.82) is 0 Å². The third kappa shape index (κ3) is 3.24. The molecule has 0 rings (SSSR count). The summed E-state index contributed by atoms with van der Waals surface area (Å²) in [7, 11) is 0. The first-order chi connectivity index (χ1) is 5.44. The van der Waals surface area contributed by atoms with E-state index in [2.05, 4.69) is 13.8 Å². The molecule has 0 amide bonds. The number of carbonyl (C=O) groups excluding carboxylic acids is 1. The maximum Gasteiger partial charge on any atom is 0.306 e. The maximum atomic E-state index is 11.0. The fourth-order valence-electron chi connectivity index (χ4n) is 0.958. The zero-order valence-electron chi connectivity index (χ0n) is 8.81. The Morgan fingerprint density at radius 1 is 1.42 bits per heavy atom. The van der Waals surface area contributed by atoms with Crippen LogP contribution >= 0.6 is 0 Å². The summed E-state index contributed by atoms with van der Waals surface area (Å²) in [6.07, 6.45) is 1.49. The Kier molecular flexibility index (Phi) is 4.29. The number of esters is 1. The van der Waals surface area contributed by atoms with Crippen LogP contribution in [0.3, 0.4) is 0 Å². The Labute approximate surface area is 75.3 Å². The van der Waals surface area contributed by atoms with E-state index in [1.54, 1.807) is 0 Å². The standard InChI is InChI=1S/C10H20O2/c1-6-8(3)10(4,5)12-9(11)7-2/h8H,6-7H2,1-5H3. The first-order valence-electron chi connectivity index (χ1n) is 4.65. The first-order valence-corrected chi connectivity index (χ1v) is 4.65. The van der Waals surface area contributed by atoms with Crippen molar-refractivity contribution in [3.05, 3.63) is 0 Å². The topological polar surface area (TPSA) is 26.3 Å². The minimum Gasteiger partial charge on any atom is -0.459 e. The minimum absolute atomic E-state index is 0.111. The van der Waals surface area contributed by atoms with Crippen LogP contribution in [0.15, 0.2) is 0 Å². The molecule has 0 bridgehead atoms. The predicted molar refractivity (Wildman–Crippen MR) is 49.9 cm³/mol. The van der Waals surface area contributed by atoms with E-state index in [4.69, 9.17) is 4.74 Å². The van der Waals surface area contributed by atoms with Gasteiger partial charge in [-0.25, -0.2) is 0 Å². The number of hydrogen-bond donors (Lipinski definition) is 0. The summed E-state index contributed by atoms with van der Waals surface area (Å²) in [4.78, 5) is 11.0. The highest BCUT2D eigenvalue weighted by Gasteiger charge is 2.27. The summed E-state index contributed by atoms with van der Waals surface area (Å²) in [6, 6.07) is 0. The lowest BCUT2D eigenvalue weighted by molar-refractivity contribution is -0.160. The van der Waals surface area contributed by atoms with Gasteiger partial charge in [0, 0.05) is 6.42 Å². The summed E-state index contributed by atoms with van der Waals surface area (Å²) in [5.74, 6) is 0.299. The second-order valence-electron chi connectivity index (χ2n) is 3.74. The highest BCUT2D eigenvalue weighted by atomic mass is 16.6. The summed E-state index contributed by atoms with van der Waals surface area (Å²) < 4.78 is 5.30. The van der Waals surface area contributed by atoms with Gasteiger partial charge in [0.25, 0.3) is 0 Å². The molecule has 2 nitrogen and oxygen atoms in total. The van der Waals surface area contributed by atoms with E-state index in [1.807, 2.05) is 20.8 Å². The molecule has 0 saturated heterocycles. The molecule has 1 atom stereocenters. The molecular formula is C10H20O2. The molecule has 0 aliphatic rings. The molecule has 0 fully saturated rings. The molecule has 12 heavy (non-hydrogen) atoms. The molecular weight excluding hydrogens is 152 g/mol. The fourth-order valence-corrected chi connectivity index (χ4v) is 0.958. The van der Waals surface area contributed by atoms with Crippen molar-refractivity contribution in [3.8, 4) is 0 Å². The molecule has 0 heterocycles. The molecule has 0 aliphatic carbocycles. The average Bonchev–Trinajstić information content (AvgIpc) is 2.02. The fraction of sp³-hybridized carbons (Fsp3) is 0.900. The van der Waals surface area contributed by atoms with Crippen molar-refractivity contribution in [2.45, 2.75) is 53.1 Å². The zero-order chi connectivity index (χ0) is 9.78. The molecule has 0 N–H and O–H groups in total. The zero-order valence-corrected chi connectivity index (χ0v) is 8.81. The Bertz CT molecular complexity index is 150. The largest absolute Gasteiger partial charge is 0.459 e. The molecule has 1 unspecified atom stereocenters. The third-order valence-electron chi connectivity index (χ3n) is 2.46. The van der Waals surface area contributed by atoms with E-state index in [1.165, 1.54) is 0 Å². The highest BCUT2D eigenvalue weighted by molar-refractivity contribution is 5.69. The van der Waals surface area contributed by atoms with Gasteiger partial charge < -0.3 is 4.74 Å². The van der Waals surface area contributed by atoms with Gasteiger partial charge in [-0.2, -0.15) is 0 Å². The molecule has 0 aromatic carbocycles. The van der Waals surface area contributed by atoms with Gasteiger partial charge in [-0.15, -0.1) is 0 Å². The first kappa shape index (κ1) is 11.5. The van der Waals surface area contributed by atoms with Crippen LogP contribution in [0.2, 0.25) is 0 Å². The van der Waals surface area contributed by atoms with E-state index < -0.39 is 0 Å². The van der Waals surface area contributed by atoms with Crippen LogP contribution in [0.5, 0.6) is 0 Å². The Balaban J connectivity index is 4.11. The smallest absolute Gasteiger partial charge is 0.306 e. The molecule has 0 aliphatic heterocycles. The summed E-state index contributed by atoms with van der Waals surface area (Å²) in [5, 5.41) is 0. The Morgan fingerprint density at radius 3 is 2.25 bits per heavy atom.